The summed E-state index contributed by atoms with van der Waals surface area (Å²) in [6, 6.07) is 5.56. The maximum absolute atomic E-state index is 12.5. The molecule has 3 nitrogen and oxygen atoms in total. The predicted molar refractivity (Wildman–Crippen MR) is 57.2 cm³/mol. The van der Waals surface area contributed by atoms with Gasteiger partial charge < -0.3 is 4.18 Å². The third kappa shape index (κ3) is 3.88. The first-order chi connectivity index (χ1) is 10.2. The van der Waals surface area contributed by atoms with Gasteiger partial charge in [0, 0.05) is 0 Å². The standard InChI is InChI=1S/C10H5F9O3S/c11-8(12,13)7(9(14,15)16,10(17,18)19)22-23(20)21-6-4-2-1-3-5-6/h1-5H. The topological polar surface area (TPSA) is 35.5 Å². The minimum atomic E-state index is -6.99. The fraction of sp³-hybridized carbons (Fsp3) is 0.400. The van der Waals surface area contributed by atoms with Gasteiger partial charge in [-0.1, -0.05) is 18.2 Å². The number of halogens is 9. The highest BCUT2D eigenvalue weighted by Crippen LogP contribution is 2.55. The van der Waals surface area contributed by atoms with Gasteiger partial charge in [-0.2, -0.15) is 43.7 Å². The molecule has 0 N–H and O–H groups in total. The van der Waals surface area contributed by atoms with Crippen LogP contribution in [0.2, 0.25) is 0 Å². The quantitative estimate of drug-likeness (QED) is 0.743. The average molecular weight is 376 g/mol. The highest BCUT2D eigenvalue weighted by molar-refractivity contribution is 7.75. The van der Waals surface area contributed by atoms with Gasteiger partial charge in [-0.15, -0.1) is 0 Å². The first-order valence-corrected chi connectivity index (χ1v) is 6.27. The highest BCUT2D eigenvalue weighted by Gasteiger charge is 2.87. The second-order valence-corrected chi connectivity index (χ2v) is 4.60. The van der Waals surface area contributed by atoms with E-state index in [4.69, 9.17) is 0 Å². The van der Waals surface area contributed by atoms with Crippen molar-refractivity contribution in [2.45, 2.75) is 24.1 Å². The molecule has 1 unspecified atom stereocenters. The molecule has 1 atom stereocenters. The molecule has 1 aromatic carbocycles. The molecule has 132 valence electrons. The second-order valence-electron chi connectivity index (χ2n) is 3.86. The first kappa shape index (κ1) is 19.5. The van der Waals surface area contributed by atoms with Gasteiger partial charge in [0.05, 0.1) is 0 Å². The molecule has 0 amide bonds. The van der Waals surface area contributed by atoms with Crippen molar-refractivity contribution in [3.05, 3.63) is 30.3 Å². The maximum atomic E-state index is 12.5. The predicted octanol–water partition coefficient (Wildman–Crippen LogP) is 4.09. The SMILES string of the molecule is O=S(Oc1ccccc1)OC(C(F)(F)F)(C(F)(F)F)C(F)(F)F. The van der Waals surface area contributed by atoms with E-state index < -0.39 is 41.2 Å². The molecule has 0 aromatic heterocycles. The van der Waals surface area contributed by atoms with Crippen LogP contribution in [0.4, 0.5) is 39.5 Å². The van der Waals surface area contributed by atoms with Crippen molar-refractivity contribution in [1.29, 1.82) is 0 Å². The van der Waals surface area contributed by atoms with E-state index in [1.54, 1.807) is 0 Å². The Kier molecular flexibility index (Phi) is 5.26. The molecule has 1 aromatic rings. The Hall–Kier alpha value is -1.50. The summed E-state index contributed by atoms with van der Waals surface area (Å²) >= 11 is -4.04. The van der Waals surface area contributed by atoms with E-state index in [0.717, 1.165) is 12.1 Å². The largest absolute Gasteiger partial charge is 0.437 e. The van der Waals surface area contributed by atoms with E-state index in [0.29, 0.717) is 0 Å². The van der Waals surface area contributed by atoms with E-state index >= 15 is 0 Å². The molecular formula is C10H5F9O3S. The minimum Gasteiger partial charge on any atom is -0.380 e. The normalized spacial score (nSPS) is 15.3. The summed E-state index contributed by atoms with van der Waals surface area (Å²) in [7, 11) is 0. The molecule has 0 radical (unpaired) electrons. The lowest BCUT2D eigenvalue weighted by atomic mass is 10.0. The number of hydrogen-bond acceptors (Lipinski definition) is 3. The van der Waals surface area contributed by atoms with Gasteiger partial charge in [0.1, 0.15) is 5.75 Å². The Morgan fingerprint density at radius 2 is 1.13 bits per heavy atom. The molecule has 0 aliphatic heterocycles. The lowest BCUT2D eigenvalue weighted by Gasteiger charge is -2.36. The molecule has 1 rings (SSSR count). The van der Waals surface area contributed by atoms with Gasteiger partial charge in [-0.3, -0.25) is 0 Å². The van der Waals surface area contributed by atoms with Crippen LogP contribution < -0.4 is 4.18 Å². The highest BCUT2D eigenvalue weighted by atomic mass is 32.2. The summed E-state index contributed by atoms with van der Waals surface area (Å²) in [6.07, 6.45) is -21.0. The molecule has 0 saturated carbocycles. The van der Waals surface area contributed by atoms with E-state index in [-0.39, 0.29) is 0 Å². The van der Waals surface area contributed by atoms with Crippen molar-refractivity contribution in [3.8, 4) is 5.75 Å². The Morgan fingerprint density at radius 3 is 1.48 bits per heavy atom. The monoisotopic (exact) mass is 376 g/mol. The molecule has 0 heterocycles. The average Bonchev–Trinajstić information content (AvgIpc) is 2.32. The van der Waals surface area contributed by atoms with Gasteiger partial charge >= 0.3 is 35.5 Å². The number of benzene rings is 1. The lowest BCUT2D eigenvalue weighted by Crippen LogP contribution is -2.68. The summed E-state index contributed by atoms with van der Waals surface area (Å²) < 4.78 is 131. The molecule has 13 heteroatoms. The summed E-state index contributed by atoms with van der Waals surface area (Å²) in [5, 5.41) is 0. The zero-order valence-electron chi connectivity index (χ0n) is 10.4. The number of hydrogen-bond donors (Lipinski definition) is 0. The third-order valence-electron chi connectivity index (χ3n) is 2.30. The zero-order chi connectivity index (χ0) is 18.1. The van der Waals surface area contributed by atoms with E-state index in [2.05, 4.69) is 8.37 Å². The van der Waals surface area contributed by atoms with Crippen LogP contribution >= 0.6 is 0 Å². The summed E-state index contributed by atoms with van der Waals surface area (Å²) in [5.41, 5.74) is -6.66. The van der Waals surface area contributed by atoms with E-state index in [1.165, 1.54) is 18.2 Å². The fourth-order valence-electron chi connectivity index (χ4n) is 1.30. The van der Waals surface area contributed by atoms with Crippen LogP contribution in [0.1, 0.15) is 0 Å². The van der Waals surface area contributed by atoms with Gasteiger partial charge in [-0.05, 0) is 12.1 Å². The third-order valence-corrected chi connectivity index (χ3v) is 3.01. The van der Waals surface area contributed by atoms with Crippen LogP contribution in [0.5, 0.6) is 5.75 Å². The van der Waals surface area contributed by atoms with Crippen LogP contribution in [0, 0.1) is 0 Å². The number of rotatable bonds is 4. The molecular weight excluding hydrogens is 371 g/mol. The van der Waals surface area contributed by atoms with Crippen molar-refractivity contribution >= 4 is 11.4 Å². The Morgan fingerprint density at radius 1 is 0.739 bits per heavy atom. The summed E-state index contributed by atoms with van der Waals surface area (Å²) in [6.45, 7) is 0. The first-order valence-electron chi connectivity index (χ1n) is 5.27. The molecule has 0 bridgehead atoms. The smallest absolute Gasteiger partial charge is 0.380 e. The van der Waals surface area contributed by atoms with Crippen LogP contribution in [0.15, 0.2) is 30.3 Å². The summed E-state index contributed by atoms with van der Waals surface area (Å²) in [5.74, 6) is -0.564. The van der Waals surface area contributed by atoms with E-state index in [1.807, 2.05) is 0 Å². The van der Waals surface area contributed by atoms with Gasteiger partial charge in [0.15, 0.2) is 0 Å². The second kappa shape index (κ2) is 6.19. The van der Waals surface area contributed by atoms with Gasteiger partial charge in [0.25, 0.3) is 0 Å². The van der Waals surface area contributed by atoms with Crippen LogP contribution in [-0.2, 0) is 15.5 Å². The van der Waals surface area contributed by atoms with Gasteiger partial charge in [-0.25, -0.2) is 4.18 Å². The fourth-order valence-corrected chi connectivity index (χ4v) is 2.09. The molecule has 0 aliphatic rings. The van der Waals surface area contributed by atoms with Gasteiger partial charge in [0.2, 0.25) is 0 Å². The molecule has 0 spiro atoms. The molecule has 0 aliphatic carbocycles. The zero-order valence-corrected chi connectivity index (χ0v) is 11.2. The Bertz CT molecular complexity index is 513. The number of alkyl halides is 9. The van der Waals surface area contributed by atoms with E-state index in [9.17, 15) is 43.7 Å². The van der Waals surface area contributed by atoms with Crippen molar-refractivity contribution in [2.24, 2.45) is 0 Å². The maximum Gasteiger partial charge on any atom is 0.437 e. The van der Waals surface area contributed by atoms with Crippen molar-refractivity contribution in [2.75, 3.05) is 0 Å². The molecule has 0 fully saturated rings. The van der Waals surface area contributed by atoms with Crippen molar-refractivity contribution in [3.63, 3.8) is 0 Å². The van der Waals surface area contributed by atoms with Crippen molar-refractivity contribution < 1.29 is 52.1 Å². The Balaban J connectivity index is 3.24. The van der Waals surface area contributed by atoms with Crippen LogP contribution in [0.25, 0.3) is 0 Å². The van der Waals surface area contributed by atoms with Crippen LogP contribution in [0.3, 0.4) is 0 Å². The summed E-state index contributed by atoms with van der Waals surface area (Å²) in [4.78, 5) is 0. The molecule has 23 heavy (non-hydrogen) atoms. The lowest BCUT2D eigenvalue weighted by molar-refractivity contribution is -0.436. The number of para-hydroxylation sites is 1. The van der Waals surface area contributed by atoms with Crippen LogP contribution in [-0.4, -0.2) is 28.3 Å². The van der Waals surface area contributed by atoms with Crippen molar-refractivity contribution in [1.82, 2.24) is 0 Å². The Labute approximate surface area is 124 Å². The minimum absolute atomic E-state index is 0.564. The molecule has 0 saturated heterocycles.